The average molecular weight is 264 g/mol. The molecule has 0 amide bonds. The summed E-state index contributed by atoms with van der Waals surface area (Å²) in [5, 5.41) is 0. The van der Waals surface area contributed by atoms with E-state index < -0.39 is 0 Å². The highest BCUT2D eigenvalue weighted by Gasteiger charge is 2.06. The minimum absolute atomic E-state index is 0.0417. The van der Waals surface area contributed by atoms with Crippen LogP contribution in [0.5, 0.6) is 0 Å². The van der Waals surface area contributed by atoms with Crippen LogP contribution in [0.15, 0.2) is 0 Å². The predicted molar refractivity (Wildman–Crippen MR) is 107 cm³/mol. The lowest BCUT2D eigenvalue weighted by atomic mass is 8.86. The van der Waals surface area contributed by atoms with Gasteiger partial charge in [0.05, 0.1) is 0 Å². The third kappa shape index (κ3) is 122. The minimum Gasteiger partial charge on any atom is -0.0930 e. The second-order valence-corrected chi connectivity index (χ2v) is 1.65. The lowest BCUT2D eigenvalue weighted by Crippen LogP contribution is -2.36. The molecule has 5 heteroatoms. The fourth-order valence-electron chi connectivity index (χ4n) is 0.272. The number of hydrogen-bond acceptors (Lipinski definition) is 0. The van der Waals surface area contributed by atoms with Gasteiger partial charge in [0.1, 0.15) is 0 Å². The molecule has 0 atom stereocenters. The quantitative estimate of drug-likeness (QED) is 0.599. The van der Waals surface area contributed by atoms with E-state index in [0.717, 1.165) is 6.32 Å². The molecule has 0 aromatic heterocycles. The molecular weight excluding hydrogens is 222 g/mol. The van der Waals surface area contributed by atoms with E-state index in [4.69, 9.17) is 23.2 Å². The van der Waals surface area contributed by atoms with E-state index in [1.54, 1.807) is 0 Å². The molecule has 112 valence electrons. The second kappa shape index (κ2) is 103. The predicted octanol–water partition coefficient (Wildman–Crippen LogP) is 5.23. The van der Waals surface area contributed by atoms with Gasteiger partial charge in [-0.25, -0.2) is 0 Å². The molecule has 0 aliphatic heterocycles. The van der Waals surface area contributed by atoms with E-state index in [0.29, 0.717) is 0 Å². The molecule has 0 aliphatic carbocycles. The van der Waals surface area contributed by atoms with Crippen molar-refractivity contribution in [3.63, 3.8) is 0 Å². The van der Waals surface area contributed by atoms with Crippen molar-refractivity contribution in [3.8, 4) is 0 Å². The van der Waals surface area contributed by atoms with E-state index in [-0.39, 0.29) is 12.9 Å². The van der Waals surface area contributed by atoms with Gasteiger partial charge in [-0.2, -0.15) is 0 Å². The highest BCUT2D eigenvalue weighted by molar-refractivity contribution is 7.66. The van der Waals surface area contributed by atoms with Crippen LogP contribution in [0.2, 0.25) is 6.32 Å². The van der Waals surface area contributed by atoms with Crippen molar-refractivity contribution in [1.82, 2.24) is 0 Å². The molecular formula is C14H41B5. The first-order valence-corrected chi connectivity index (χ1v) is 8.45. The second-order valence-electron chi connectivity index (χ2n) is 1.65. The van der Waals surface area contributed by atoms with Crippen molar-refractivity contribution in [2.75, 3.05) is 0 Å². The maximum atomic E-state index is 5.37. The standard InChI is InChI=1S/C2H5B5.6C2H6/c1-2-6(3)7(4)5;6*1-2/h2H2,1H3;6*1-2H3. The van der Waals surface area contributed by atoms with Crippen LogP contribution >= 0.6 is 0 Å². The van der Waals surface area contributed by atoms with Gasteiger partial charge in [-0.1, -0.05) is 96.3 Å². The fourth-order valence-corrected chi connectivity index (χ4v) is 0.272. The third-order valence-electron chi connectivity index (χ3n) is 0.966. The minimum atomic E-state index is -0.356. The Morgan fingerprint density at radius 3 is 0.684 bits per heavy atom. The molecule has 6 radical (unpaired) electrons. The van der Waals surface area contributed by atoms with E-state index in [1.807, 2.05) is 90.0 Å². The van der Waals surface area contributed by atoms with Gasteiger partial charge >= 0.3 is 0 Å². The van der Waals surface area contributed by atoms with Crippen LogP contribution < -0.4 is 0 Å². The molecule has 0 nitrogen and oxygen atoms in total. The Hall–Kier alpha value is 0.325. The third-order valence-corrected chi connectivity index (χ3v) is 0.966. The van der Waals surface area contributed by atoms with Crippen LogP contribution in [0.1, 0.15) is 90.0 Å². The first kappa shape index (κ1) is 42.7. The molecule has 0 aromatic rings. The van der Waals surface area contributed by atoms with Crippen LogP contribution in [0.3, 0.4) is 0 Å². The Morgan fingerprint density at radius 1 is 0.526 bits per heavy atom. The maximum absolute atomic E-state index is 5.37. The van der Waals surface area contributed by atoms with E-state index in [9.17, 15) is 0 Å². The summed E-state index contributed by atoms with van der Waals surface area (Å²) in [5.41, 5.74) is 0. The molecule has 0 N–H and O–H groups in total. The number of hydrogen-bond donors (Lipinski definition) is 0. The van der Waals surface area contributed by atoms with Crippen molar-refractivity contribution in [2.24, 2.45) is 0 Å². The molecule has 19 heavy (non-hydrogen) atoms. The summed E-state index contributed by atoms with van der Waals surface area (Å²) in [4.78, 5) is 0. The highest BCUT2D eigenvalue weighted by atomic mass is 13.4. The fraction of sp³-hybridized carbons (Fsp3) is 1.00. The first-order chi connectivity index (χ1) is 9.18. The van der Waals surface area contributed by atoms with Crippen LogP contribution in [-0.4, -0.2) is 36.1 Å². The lowest BCUT2D eigenvalue weighted by molar-refractivity contribution is 1.47. The Labute approximate surface area is 133 Å². The molecule has 0 unspecified atom stereocenters. The first-order valence-electron chi connectivity index (χ1n) is 8.45. The Morgan fingerprint density at radius 2 is 0.684 bits per heavy atom. The number of rotatable bonds is 2. The smallest absolute Gasteiger partial charge is 0.0449 e. The van der Waals surface area contributed by atoms with Gasteiger partial charge in [0, 0.05) is 36.1 Å². The Balaban J connectivity index is -0.0000000205. The van der Waals surface area contributed by atoms with Crippen LogP contribution in [0.4, 0.5) is 0 Å². The summed E-state index contributed by atoms with van der Waals surface area (Å²) in [6, 6.07) is 0. The molecule has 0 fully saturated rings. The zero-order chi connectivity index (χ0) is 17.9. The molecule has 0 spiro atoms. The molecule has 0 saturated carbocycles. The summed E-state index contributed by atoms with van der Waals surface area (Å²) < 4.78 is 0. The largest absolute Gasteiger partial charge is 0.0930 e. The molecule has 0 heterocycles. The summed E-state index contributed by atoms with van der Waals surface area (Å²) in [6.45, 7) is 25.9. The molecule has 0 rings (SSSR count). The van der Waals surface area contributed by atoms with E-state index >= 15 is 0 Å². The normalized spacial score (nSPS) is 4.89. The summed E-state index contributed by atoms with van der Waals surface area (Å²) >= 11 is 0. The molecule has 0 aromatic carbocycles. The molecule has 0 bridgehead atoms. The highest BCUT2D eigenvalue weighted by Crippen LogP contribution is 1.83. The molecule has 0 saturated heterocycles. The summed E-state index contributed by atoms with van der Waals surface area (Å²) in [5.74, 6) is 0. The Bertz CT molecular complexity index is 53.1. The SMILES string of the molecule is CC.CC.CC.CC.CC.CC.[B]B([B])B([B])CC. The van der Waals surface area contributed by atoms with Crippen molar-refractivity contribution < 1.29 is 0 Å². The van der Waals surface area contributed by atoms with Gasteiger partial charge in [0.25, 0.3) is 0 Å². The van der Waals surface area contributed by atoms with Crippen molar-refractivity contribution in [3.05, 3.63) is 0 Å². The zero-order valence-corrected chi connectivity index (χ0v) is 16.6. The van der Waals surface area contributed by atoms with E-state index in [2.05, 4.69) is 0 Å². The van der Waals surface area contributed by atoms with Gasteiger partial charge in [0.15, 0.2) is 0 Å². The van der Waals surface area contributed by atoms with Crippen molar-refractivity contribution >= 4 is 36.1 Å². The Kier molecular flexibility index (Phi) is 230. The lowest BCUT2D eigenvalue weighted by Gasteiger charge is -2.05. The maximum Gasteiger partial charge on any atom is 0.0449 e. The van der Waals surface area contributed by atoms with Gasteiger partial charge in [0.2, 0.25) is 0 Å². The van der Waals surface area contributed by atoms with Gasteiger partial charge < -0.3 is 0 Å². The average Bonchev–Trinajstić information content (AvgIpc) is 2.57. The monoisotopic (exact) mass is 264 g/mol. The zero-order valence-electron chi connectivity index (χ0n) is 16.6. The molecule has 0 aliphatic rings. The van der Waals surface area contributed by atoms with Crippen molar-refractivity contribution in [2.45, 2.75) is 96.3 Å². The van der Waals surface area contributed by atoms with Crippen LogP contribution in [0, 0.1) is 0 Å². The topological polar surface area (TPSA) is 0 Å². The van der Waals surface area contributed by atoms with Gasteiger partial charge in [-0.3, -0.25) is 0 Å². The van der Waals surface area contributed by atoms with Gasteiger partial charge in [-0.05, 0) is 0 Å². The van der Waals surface area contributed by atoms with Crippen LogP contribution in [0.25, 0.3) is 0 Å². The van der Waals surface area contributed by atoms with Crippen LogP contribution in [-0.2, 0) is 0 Å². The van der Waals surface area contributed by atoms with Gasteiger partial charge in [-0.15, -0.1) is 0 Å². The van der Waals surface area contributed by atoms with Crippen molar-refractivity contribution in [1.29, 1.82) is 0 Å². The summed E-state index contributed by atoms with van der Waals surface area (Å²) in [6.07, 6.45) is 0.488. The van der Waals surface area contributed by atoms with E-state index in [1.165, 1.54) is 0 Å². The summed E-state index contributed by atoms with van der Waals surface area (Å²) in [7, 11) is 15.8.